The summed E-state index contributed by atoms with van der Waals surface area (Å²) in [5.41, 5.74) is 1.69. The van der Waals surface area contributed by atoms with Crippen molar-refractivity contribution in [3.63, 3.8) is 0 Å². The molecule has 0 aliphatic rings. The van der Waals surface area contributed by atoms with Gasteiger partial charge >= 0.3 is 5.97 Å². The van der Waals surface area contributed by atoms with Gasteiger partial charge in [0.05, 0.1) is 5.56 Å². The Morgan fingerprint density at radius 1 is 0.808 bits per heavy atom. The van der Waals surface area contributed by atoms with Gasteiger partial charge in [0.25, 0.3) is 0 Å². The number of ether oxygens (including phenoxy) is 1. The molecular formula is C22H15BrO3. The van der Waals surface area contributed by atoms with Crippen molar-refractivity contribution in [1.29, 1.82) is 0 Å². The number of esters is 1. The minimum Gasteiger partial charge on any atom is -0.422 e. The number of benzene rings is 3. The van der Waals surface area contributed by atoms with Crippen LogP contribution < -0.4 is 4.74 Å². The number of hydrogen-bond acceptors (Lipinski definition) is 3. The highest BCUT2D eigenvalue weighted by Crippen LogP contribution is 2.23. The standard InChI is InChI=1S/C22H15BrO3/c23-19-12-6-5-11-18(19)22(25)26-21-13-7-4-10-17(21)14-15-20(24)16-8-2-1-3-9-16/h1-15H. The van der Waals surface area contributed by atoms with Crippen LogP contribution in [-0.2, 0) is 0 Å². The summed E-state index contributed by atoms with van der Waals surface area (Å²) in [5, 5.41) is 0. The fourth-order valence-electron chi connectivity index (χ4n) is 2.36. The lowest BCUT2D eigenvalue weighted by atomic mass is 10.1. The first-order valence-electron chi connectivity index (χ1n) is 7.98. The second kappa shape index (κ2) is 8.41. The maximum atomic E-state index is 12.4. The summed E-state index contributed by atoms with van der Waals surface area (Å²) in [6.45, 7) is 0. The summed E-state index contributed by atoms with van der Waals surface area (Å²) in [6, 6.07) is 23.1. The maximum Gasteiger partial charge on any atom is 0.344 e. The second-order valence-corrected chi connectivity index (χ2v) is 6.33. The Kier molecular flexibility index (Phi) is 5.77. The van der Waals surface area contributed by atoms with Gasteiger partial charge in [-0.15, -0.1) is 0 Å². The van der Waals surface area contributed by atoms with Crippen LogP contribution in [0.1, 0.15) is 26.3 Å². The van der Waals surface area contributed by atoms with E-state index >= 15 is 0 Å². The molecule has 0 saturated carbocycles. The Labute approximate surface area is 160 Å². The molecule has 0 radical (unpaired) electrons. The predicted molar refractivity (Wildman–Crippen MR) is 105 cm³/mol. The van der Waals surface area contributed by atoms with Crippen LogP contribution in [-0.4, -0.2) is 11.8 Å². The Balaban J connectivity index is 1.80. The first kappa shape index (κ1) is 17.8. The molecule has 26 heavy (non-hydrogen) atoms. The molecule has 0 aromatic heterocycles. The number of carbonyl (C=O) groups is 2. The van der Waals surface area contributed by atoms with Crippen LogP contribution in [0.25, 0.3) is 6.08 Å². The monoisotopic (exact) mass is 406 g/mol. The first-order chi connectivity index (χ1) is 12.6. The molecule has 0 spiro atoms. The van der Waals surface area contributed by atoms with Crippen LogP contribution in [0.3, 0.4) is 0 Å². The lowest BCUT2D eigenvalue weighted by molar-refractivity contribution is 0.0733. The van der Waals surface area contributed by atoms with E-state index in [1.807, 2.05) is 30.3 Å². The number of rotatable bonds is 5. The molecule has 3 aromatic carbocycles. The highest BCUT2D eigenvalue weighted by Gasteiger charge is 2.13. The number of hydrogen-bond donors (Lipinski definition) is 0. The van der Waals surface area contributed by atoms with Crippen molar-refractivity contribution in [1.82, 2.24) is 0 Å². The molecule has 3 rings (SSSR count). The van der Waals surface area contributed by atoms with Gasteiger partial charge in [0.15, 0.2) is 5.78 Å². The van der Waals surface area contributed by atoms with Crippen LogP contribution in [0.15, 0.2) is 89.4 Å². The molecule has 0 N–H and O–H groups in total. The van der Waals surface area contributed by atoms with E-state index in [0.29, 0.717) is 26.9 Å². The number of allylic oxidation sites excluding steroid dienone is 1. The molecule has 3 nitrogen and oxygen atoms in total. The minimum absolute atomic E-state index is 0.113. The third-order valence-corrected chi connectivity index (χ3v) is 4.38. The number of carbonyl (C=O) groups excluding carboxylic acids is 2. The van der Waals surface area contributed by atoms with Gasteiger partial charge in [-0.3, -0.25) is 4.79 Å². The van der Waals surface area contributed by atoms with Gasteiger partial charge < -0.3 is 4.74 Å². The zero-order chi connectivity index (χ0) is 18.4. The van der Waals surface area contributed by atoms with Crippen molar-refractivity contribution < 1.29 is 14.3 Å². The lowest BCUT2D eigenvalue weighted by Gasteiger charge is -2.08. The van der Waals surface area contributed by atoms with E-state index in [0.717, 1.165) is 0 Å². The lowest BCUT2D eigenvalue weighted by Crippen LogP contribution is -2.09. The smallest absolute Gasteiger partial charge is 0.344 e. The zero-order valence-corrected chi connectivity index (χ0v) is 15.3. The van der Waals surface area contributed by atoms with Gasteiger partial charge in [0.2, 0.25) is 0 Å². The van der Waals surface area contributed by atoms with Gasteiger partial charge in [0.1, 0.15) is 5.75 Å². The highest BCUT2D eigenvalue weighted by molar-refractivity contribution is 9.10. The SMILES string of the molecule is O=C(C=Cc1ccccc1OC(=O)c1ccccc1Br)c1ccccc1. The number of ketones is 1. The molecular weight excluding hydrogens is 392 g/mol. The van der Waals surface area contributed by atoms with Crippen LogP contribution in [0.2, 0.25) is 0 Å². The molecule has 4 heteroatoms. The van der Waals surface area contributed by atoms with E-state index in [-0.39, 0.29) is 5.78 Å². The molecule has 0 heterocycles. The maximum absolute atomic E-state index is 12.4. The van der Waals surface area contributed by atoms with Crippen LogP contribution in [0.5, 0.6) is 5.75 Å². The second-order valence-electron chi connectivity index (χ2n) is 5.47. The zero-order valence-electron chi connectivity index (χ0n) is 13.8. The highest BCUT2D eigenvalue weighted by atomic mass is 79.9. The summed E-state index contributed by atoms with van der Waals surface area (Å²) in [4.78, 5) is 24.6. The molecule has 0 amide bonds. The molecule has 0 bridgehead atoms. The topological polar surface area (TPSA) is 43.4 Å². The fourth-order valence-corrected chi connectivity index (χ4v) is 2.80. The Morgan fingerprint density at radius 2 is 1.46 bits per heavy atom. The summed E-state index contributed by atoms with van der Waals surface area (Å²) in [6.07, 6.45) is 3.12. The van der Waals surface area contributed by atoms with E-state index in [4.69, 9.17) is 4.74 Å². The predicted octanol–water partition coefficient (Wildman–Crippen LogP) is 5.56. The van der Waals surface area contributed by atoms with Crippen molar-refractivity contribution in [3.8, 4) is 5.75 Å². The number of para-hydroxylation sites is 1. The Bertz CT molecular complexity index is 962. The van der Waals surface area contributed by atoms with E-state index in [9.17, 15) is 9.59 Å². The summed E-state index contributed by atoms with van der Waals surface area (Å²) in [7, 11) is 0. The Hall–Kier alpha value is -2.98. The first-order valence-corrected chi connectivity index (χ1v) is 8.77. The summed E-state index contributed by atoms with van der Waals surface area (Å²) < 4.78 is 6.18. The molecule has 0 unspecified atom stereocenters. The van der Waals surface area contributed by atoms with Gasteiger partial charge in [-0.1, -0.05) is 60.7 Å². The van der Waals surface area contributed by atoms with Gasteiger partial charge in [0, 0.05) is 15.6 Å². The van der Waals surface area contributed by atoms with Crippen molar-refractivity contribution in [2.24, 2.45) is 0 Å². The third-order valence-electron chi connectivity index (χ3n) is 3.69. The molecule has 0 atom stereocenters. The van der Waals surface area contributed by atoms with Crippen LogP contribution >= 0.6 is 15.9 Å². The summed E-state index contributed by atoms with van der Waals surface area (Å²) >= 11 is 3.34. The van der Waals surface area contributed by atoms with Crippen molar-refractivity contribution in [2.75, 3.05) is 0 Å². The molecule has 0 fully saturated rings. The number of halogens is 1. The van der Waals surface area contributed by atoms with E-state index < -0.39 is 5.97 Å². The normalized spacial score (nSPS) is 10.7. The van der Waals surface area contributed by atoms with Gasteiger partial charge in [-0.05, 0) is 46.3 Å². The molecule has 0 aliphatic carbocycles. The summed E-state index contributed by atoms with van der Waals surface area (Å²) in [5.74, 6) is -0.185. The molecule has 3 aromatic rings. The fraction of sp³-hybridized carbons (Fsp3) is 0. The van der Waals surface area contributed by atoms with Crippen molar-refractivity contribution in [3.05, 3.63) is 106 Å². The third kappa shape index (κ3) is 4.35. The van der Waals surface area contributed by atoms with Crippen molar-refractivity contribution in [2.45, 2.75) is 0 Å². The van der Waals surface area contributed by atoms with Gasteiger partial charge in [-0.2, -0.15) is 0 Å². The minimum atomic E-state index is -0.465. The average Bonchev–Trinajstić information content (AvgIpc) is 2.68. The largest absolute Gasteiger partial charge is 0.422 e. The van der Waals surface area contributed by atoms with E-state index in [2.05, 4.69) is 15.9 Å². The van der Waals surface area contributed by atoms with Gasteiger partial charge in [-0.25, -0.2) is 4.79 Å². The van der Waals surface area contributed by atoms with Crippen LogP contribution in [0, 0.1) is 0 Å². The van der Waals surface area contributed by atoms with Crippen LogP contribution in [0.4, 0.5) is 0 Å². The molecule has 128 valence electrons. The molecule has 0 aliphatic heterocycles. The van der Waals surface area contributed by atoms with Crippen molar-refractivity contribution >= 4 is 33.8 Å². The quantitative estimate of drug-likeness (QED) is 0.241. The Morgan fingerprint density at radius 3 is 2.23 bits per heavy atom. The van der Waals surface area contributed by atoms with E-state index in [1.54, 1.807) is 54.6 Å². The average molecular weight is 407 g/mol. The molecule has 0 saturated heterocycles. The van der Waals surface area contributed by atoms with E-state index in [1.165, 1.54) is 6.08 Å².